The number of halogens is 1. The molecule has 1 aliphatic rings. The Morgan fingerprint density at radius 1 is 1.35 bits per heavy atom. The Morgan fingerprint density at radius 3 is 2.57 bits per heavy atom. The summed E-state index contributed by atoms with van der Waals surface area (Å²) in [5.41, 5.74) is 1.57. The molecule has 0 aliphatic heterocycles. The van der Waals surface area contributed by atoms with Crippen LogP contribution in [0.25, 0.3) is 0 Å². The van der Waals surface area contributed by atoms with E-state index >= 15 is 0 Å². The van der Waals surface area contributed by atoms with Crippen molar-refractivity contribution >= 4 is 34.5 Å². The first-order chi connectivity index (χ1) is 10.6. The fraction of sp³-hybridized carbons (Fsp3) is 0.556. The van der Waals surface area contributed by atoms with Gasteiger partial charge in [0.2, 0.25) is 0 Å². The zero-order valence-corrected chi connectivity index (χ0v) is 16.3. The lowest BCUT2D eigenvalue weighted by molar-refractivity contribution is -0.117. The number of Topliss-reactive ketones (excluding diaryl/α,β-unsaturated/α-hetero) is 1. The van der Waals surface area contributed by atoms with Crippen molar-refractivity contribution in [3.05, 3.63) is 35.4 Å². The topological polar surface area (TPSA) is 55.4 Å². The van der Waals surface area contributed by atoms with Crippen LogP contribution in [0.15, 0.2) is 24.3 Å². The molecule has 0 radical (unpaired) electrons. The lowest BCUT2D eigenvalue weighted by Gasteiger charge is -2.35. The number of hydrogen-bond donors (Lipinski definition) is 1. The zero-order chi connectivity index (χ0) is 17.3. The summed E-state index contributed by atoms with van der Waals surface area (Å²) in [5, 5.41) is 3.03. The number of amides is 1. The number of ether oxygens (including phenoxy) is 1. The van der Waals surface area contributed by atoms with Gasteiger partial charge in [-0.3, -0.25) is 4.79 Å². The molecular formula is C18H24INO3. The van der Waals surface area contributed by atoms with Gasteiger partial charge in [0.15, 0.2) is 0 Å². The number of rotatable bonds is 3. The van der Waals surface area contributed by atoms with Crippen molar-refractivity contribution in [2.45, 2.75) is 56.1 Å². The summed E-state index contributed by atoms with van der Waals surface area (Å²) in [6.07, 6.45) is 1.41. The molecule has 1 fully saturated rings. The molecule has 0 bridgehead atoms. The fourth-order valence-electron chi connectivity index (χ4n) is 2.89. The quantitative estimate of drug-likeness (QED) is 0.438. The Bertz CT molecular complexity index is 609. The molecule has 2 unspecified atom stereocenters. The third-order valence-electron chi connectivity index (χ3n) is 3.93. The highest BCUT2D eigenvalue weighted by atomic mass is 127. The zero-order valence-electron chi connectivity index (χ0n) is 14.1. The van der Waals surface area contributed by atoms with E-state index in [0.717, 1.165) is 17.5 Å². The summed E-state index contributed by atoms with van der Waals surface area (Å²) < 4.78 is 4.79. The second-order valence-electron chi connectivity index (χ2n) is 7.19. The van der Waals surface area contributed by atoms with E-state index in [2.05, 4.69) is 34.0 Å². The average Bonchev–Trinajstić information content (AvgIpc) is 2.83. The van der Waals surface area contributed by atoms with Crippen LogP contribution < -0.4 is 5.32 Å². The third kappa shape index (κ3) is 4.68. The lowest BCUT2D eigenvalue weighted by atomic mass is 9.90. The molecule has 1 aliphatic carbocycles. The van der Waals surface area contributed by atoms with Crippen molar-refractivity contribution < 1.29 is 14.3 Å². The smallest absolute Gasteiger partial charge is 0.408 e. The van der Waals surface area contributed by atoms with Gasteiger partial charge in [-0.15, -0.1) is 0 Å². The normalized spacial score (nSPS) is 20.9. The SMILES string of the molecule is Cc1cccc(C(I)(NC(=O)OC(C)(C)C)C2CCC(=O)C2)c1. The van der Waals surface area contributed by atoms with Gasteiger partial charge < -0.3 is 10.1 Å². The monoisotopic (exact) mass is 429 g/mol. The first kappa shape index (κ1) is 18.2. The lowest BCUT2D eigenvalue weighted by Crippen LogP contribution is -2.47. The number of aryl methyl sites for hydroxylation is 1. The van der Waals surface area contributed by atoms with Gasteiger partial charge in [0, 0.05) is 18.8 Å². The van der Waals surface area contributed by atoms with Crippen LogP contribution in [0.5, 0.6) is 0 Å². The molecule has 1 saturated carbocycles. The molecule has 1 N–H and O–H groups in total. The Kier molecular flexibility index (Phi) is 5.38. The van der Waals surface area contributed by atoms with E-state index in [1.54, 1.807) is 0 Å². The Hall–Kier alpha value is -1.11. The molecule has 0 heterocycles. The highest BCUT2D eigenvalue weighted by Crippen LogP contribution is 2.44. The van der Waals surface area contributed by atoms with Crippen molar-refractivity contribution in [3.63, 3.8) is 0 Å². The molecule has 1 amide bonds. The largest absolute Gasteiger partial charge is 0.444 e. The molecule has 126 valence electrons. The standard InChI is InChI=1S/C18H24INO3/c1-12-6-5-7-13(10-12)18(19,14-8-9-15(21)11-14)20-16(22)23-17(2,3)4/h5-7,10,14H,8-9,11H2,1-4H3,(H,20,22). The molecule has 1 aromatic rings. The van der Waals surface area contributed by atoms with Crippen LogP contribution in [0, 0.1) is 12.8 Å². The van der Waals surface area contributed by atoms with E-state index in [1.165, 1.54) is 0 Å². The number of carbonyl (C=O) groups is 2. The summed E-state index contributed by atoms with van der Waals surface area (Å²) in [4.78, 5) is 24.1. The second-order valence-corrected chi connectivity index (χ2v) is 8.89. The van der Waals surface area contributed by atoms with Crippen molar-refractivity contribution in [1.29, 1.82) is 0 Å². The Labute approximate surface area is 151 Å². The van der Waals surface area contributed by atoms with E-state index < -0.39 is 15.2 Å². The Morgan fingerprint density at radius 2 is 2.04 bits per heavy atom. The van der Waals surface area contributed by atoms with E-state index in [9.17, 15) is 9.59 Å². The van der Waals surface area contributed by atoms with Gasteiger partial charge in [-0.25, -0.2) is 4.79 Å². The van der Waals surface area contributed by atoms with E-state index in [1.807, 2.05) is 45.9 Å². The Balaban J connectivity index is 2.31. The van der Waals surface area contributed by atoms with Crippen molar-refractivity contribution in [2.24, 2.45) is 5.92 Å². The number of benzene rings is 1. The van der Waals surface area contributed by atoms with Gasteiger partial charge in [-0.1, -0.05) is 29.8 Å². The van der Waals surface area contributed by atoms with Crippen LogP contribution >= 0.6 is 22.6 Å². The summed E-state index contributed by atoms with van der Waals surface area (Å²) in [7, 11) is 0. The van der Waals surface area contributed by atoms with Crippen LogP contribution in [-0.4, -0.2) is 17.5 Å². The number of carbonyl (C=O) groups excluding carboxylic acids is 2. The molecule has 23 heavy (non-hydrogen) atoms. The fourth-order valence-corrected chi connectivity index (χ4v) is 3.97. The van der Waals surface area contributed by atoms with Crippen LogP contribution in [0.4, 0.5) is 4.79 Å². The first-order valence-electron chi connectivity index (χ1n) is 7.89. The predicted molar refractivity (Wildman–Crippen MR) is 98.6 cm³/mol. The average molecular weight is 429 g/mol. The highest BCUT2D eigenvalue weighted by Gasteiger charge is 2.43. The maximum Gasteiger partial charge on any atom is 0.408 e. The second kappa shape index (κ2) is 6.79. The maximum atomic E-state index is 12.3. The van der Waals surface area contributed by atoms with Crippen LogP contribution in [0.1, 0.15) is 51.2 Å². The molecular weight excluding hydrogens is 405 g/mol. The molecule has 0 saturated heterocycles. The van der Waals surface area contributed by atoms with Crippen molar-refractivity contribution in [3.8, 4) is 0 Å². The van der Waals surface area contributed by atoms with Crippen LogP contribution in [-0.2, 0) is 13.1 Å². The number of hydrogen-bond acceptors (Lipinski definition) is 3. The van der Waals surface area contributed by atoms with Gasteiger partial charge in [0.25, 0.3) is 0 Å². The maximum absolute atomic E-state index is 12.3. The van der Waals surface area contributed by atoms with Gasteiger partial charge >= 0.3 is 6.09 Å². The van der Waals surface area contributed by atoms with Crippen LogP contribution in [0.3, 0.4) is 0 Å². The van der Waals surface area contributed by atoms with Crippen molar-refractivity contribution in [2.75, 3.05) is 0 Å². The van der Waals surface area contributed by atoms with E-state index in [-0.39, 0.29) is 11.7 Å². The molecule has 1 aromatic carbocycles. The van der Waals surface area contributed by atoms with Gasteiger partial charge in [-0.05, 0) is 62.3 Å². The van der Waals surface area contributed by atoms with Gasteiger partial charge in [0.1, 0.15) is 14.9 Å². The molecule has 2 rings (SSSR count). The number of ketones is 1. The van der Waals surface area contributed by atoms with Gasteiger partial charge in [-0.2, -0.15) is 0 Å². The van der Waals surface area contributed by atoms with Gasteiger partial charge in [0.05, 0.1) is 0 Å². The summed E-state index contributed by atoms with van der Waals surface area (Å²) in [5.74, 6) is 0.333. The molecule has 0 spiro atoms. The molecule has 2 atom stereocenters. The minimum atomic E-state index is -0.641. The molecule has 4 nitrogen and oxygen atoms in total. The third-order valence-corrected chi connectivity index (χ3v) is 5.70. The predicted octanol–water partition coefficient (Wildman–Crippen LogP) is 4.48. The number of alkyl halides is 1. The minimum absolute atomic E-state index is 0.0740. The molecule has 5 heteroatoms. The number of nitrogens with one attached hydrogen (secondary N) is 1. The first-order valence-corrected chi connectivity index (χ1v) is 8.97. The minimum Gasteiger partial charge on any atom is -0.444 e. The van der Waals surface area contributed by atoms with E-state index in [4.69, 9.17) is 4.74 Å². The summed E-state index contributed by atoms with van der Waals surface area (Å²) in [6, 6.07) is 8.06. The van der Waals surface area contributed by atoms with Crippen molar-refractivity contribution in [1.82, 2.24) is 5.32 Å². The molecule has 0 aromatic heterocycles. The highest BCUT2D eigenvalue weighted by molar-refractivity contribution is 14.1. The van der Waals surface area contributed by atoms with Crippen LogP contribution in [0.2, 0.25) is 0 Å². The number of alkyl carbamates (subject to hydrolysis) is 1. The summed E-state index contributed by atoms with van der Waals surface area (Å²) >= 11 is 2.27. The van der Waals surface area contributed by atoms with E-state index in [0.29, 0.717) is 12.8 Å². The summed E-state index contributed by atoms with van der Waals surface area (Å²) in [6.45, 7) is 7.54.